The summed E-state index contributed by atoms with van der Waals surface area (Å²) in [4.78, 5) is 12.5. The van der Waals surface area contributed by atoms with Crippen molar-refractivity contribution in [3.8, 4) is 0 Å². The fourth-order valence-electron chi connectivity index (χ4n) is 2.24. The van der Waals surface area contributed by atoms with Gasteiger partial charge in [0, 0.05) is 11.6 Å². The largest absolute Gasteiger partial charge is 0.321 e. The molecular formula is C14H8ClFN6. The molecule has 0 aliphatic carbocycles. The monoisotopic (exact) mass is 314 g/mol. The number of H-pyrrole nitrogens is 1. The average Bonchev–Trinajstić information content (AvgIpc) is 2.92. The lowest BCUT2D eigenvalue weighted by Gasteiger charge is -2.06. The molecule has 0 fully saturated rings. The first-order valence-corrected chi connectivity index (χ1v) is 6.78. The highest BCUT2D eigenvalue weighted by molar-refractivity contribution is 6.28. The Bertz CT molecular complexity index is 999. The smallest absolute Gasteiger partial charge is 0.225 e. The Balaban J connectivity index is 1.88. The van der Waals surface area contributed by atoms with Gasteiger partial charge in [-0.25, -0.2) is 9.37 Å². The van der Waals surface area contributed by atoms with Gasteiger partial charge in [-0.05, 0) is 35.9 Å². The number of fused-ring (bicyclic) bond motifs is 2. The molecule has 0 saturated carbocycles. The van der Waals surface area contributed by atoms with Crippen LogP contribution in [0.5, 0.6) is 0 Å². The van der Waals surface area contributed by atoms with E-state index in [1.54, 1.807) is 30.5 Å². The van der Waals surface area contributed by atoms with Crippen LogP contribution < -0.4 is 5.32 Å². The fourth-order valence-corrected chi connectivity index (χ4v) is 2.42. The first-order chi connectivity index (χ1) is 10.7. The number of nitrogens with zero attached hydrogens (tertiary/aromatic N) is 4. The molecule has 0 amide bonds. The molecule has 6 nitrogen and oxygen atoms in total. The lowest BCUT2D eigenvalue weighted by molar-refractivity contribution is 0.636. The van der Waals surface area contributed by atoms with Crippen molar-refractivity contribution in [2.75, 3.05) is 5.32 Å². The van der Waals surface area contributed by atoms with E-state index in [4.69, 9.17) is 11.6 Å². The van der Waals surface area contributed by atoms with E-state index in [1.807, 2.05) is 0 Å². The molecule has 0 aliphatic rings. The summed E-state index contributed by atoms with van der Waals surface area (Å²) in [6, 6.07) is 8.27. The number of hydrogen-bond donors (Lipinski definition) is 2. The quantitative estimate of drug-likeness (QED) is 0.554. The van der Waals surface area contributed by atoms with E-state index in [0.29, 0.717) is 33.6 Å². The third-order valence-corrected chi connectivity index (χ3v) is 3.38. The first-order valence-electron chi connectivity index (χ1n) is 6.40. The Labute approximate surface area is 128 Å². The summed E-state index contributed by atoms with van der Waals surface area (Å²) < 4.78 is 13.7. The maximum atomic E-state index is 13.7. The molecule has 22 heavy (non-hydrogen) atoms. The number of para-hydroxylation sites is 1. The second-order valence-electron chi connectivity index (χ2n) is 4.57. The lowest BCUT2D eigenvalue weighted by atomic mass is 10.2. The highest BCUT2D eigenvalue weighted by Gasteiger charge is 2.13. The minimum absolute atomic E-state index is 0.0917. The maximum absolute atomic E-state index is 13.7. The van der Waals surface area contributed by atoms with Crippen LogP contribution in [0.25, 0.3) is 21.9 Å². The Hall–Kier alpha value is -2.80. The zero-order valence-corrected chi connectivity index (χ0v) is 11.8. The molecule has 3 heterocycles. The summed E-state index contributed by atoms with van der Waals surface area (Å²) in [5.41, 5.74) is 1.48. The topological polar surface area (TPSA) is 79.4 Å². The molecule has 8 heteroatoms. The van der Waals surface area contributed by atoms with Gasteiger partial charge >= 0.3 is 0 Å². The number of pyridine rings is 1. The summed E-state index contributed by atoms with van der Waals surface area (Å²) in [5.74, 6) is 0.478. The Morgan fingerprint density at radius 1 is 1.09 bits per heavy atom. The fraction of sp³-hybridized carbons (Fsp3) is 0. The van der Waals surface area contributed by atoms with Crippen LogP contribution in [0.2, 0.25) is 5.28 Å². The van der Waals surface area contributed by atoms with Crippen molar-refractivity contribution >= 4 is 45.2 Å². The van der Waals surface area contributed by atoms with Gasteiger partial charge in [0.25, 0.3) is 0 Å². The number of aromatic nitrogens is 5. The molecule has 0 unspecified atom stereocenters. The van der Waals surface area contributed by atoms with Crippen LogP contribution in [-0.2, 0) is 0 Å². The number of halogens is 2. The predicted molar refractivity (Wildman–Crippen MR) is 81.7 cm³/mol. The van der Waals surface area contributed by atoms with Crippen LogP contribution in [0, 0.1) is 5.82 Å². The Morgan fingerprint density at radius 2 is 2.00 bits per heavy atom. The van der Waals surface area contributed by atoms with E-state index < -0.39 is 0 Å². The summed E-state index contributed by atoms with van der Waals surface area (Å²) in [6.45, 7) is 0. The summed E-state index contributed by atoms with van der Waals surface area (Å²) >= 11 is 5.93. The van der Waals surface area contributed by atoms with Crippen LogP contribution >= 0.6 is 11.6 Å². The molecule has 2 N–H and O–H groups in total. The number of hydrogen-bond acceptors (Lipinski definition) is 5. The number of aromatic amines is 1. The minimum atomic E-state index is -0.373. The SMILES string of the molecule is Fc1cccc2c(Nc3nc(Cl)nc4cccnc34)n[nH]c12. The highest BCUT2D eigenvalue weighted by atomic mass is 35.5. The van der Waals surface area contributed by atoms with Gasteiger partial charge in [-0.1, -0.05) is 6.07 Å². The summed E-state index contributed by atoms with van der Waals surface area (Å²) in [7, 11) is 0. The van der Waals surface area contributed by atoms with Gasteiger partial charge < -0.3 is 5.32 Å². The van der Waals surface area contributed by atoms with Crippen molar-refractivity contribution in [2.24, 2.45) is 0 Å². The van der Waals surface area contributed by atoms with Gasteiger partial charge in [-0.15, -0.1) is 0 Å². The first kappa shape index (κ1) is 12.9. The molecule has 1 aromatic carbocycles. The van der Waals surface area contributed by atoms with Gasteiger partial charge in [-0.2, -0.15) is 10.1 Å². The Morgan fingerprint density at radius 3 is 2.91 bits per heavy atom. The van der Waals surface area contributed by atoms with Crippen molar-refractivity contribution in [2.45, 2.75) is 0 Å². The molecule has 4 aromatic rings. The Kier molecular flexibility index (Phi) is 2.87. The van der Waals surface area contributed by atoms with Crippen LogP contribution in [0.1, 0.15) is 0 Å². The summed E-state index contributed by atoms with van der Waals surface area (Å²) in [6.07, 6.45) is 1.63. The maximum Gasteiger partial charge on any atom is 0.225 e. The van der Waals surface area contributed by atoms with Crippen molar-refractivity contribution in [1.82, 2.24) is 25.1 Å². The molecule has 0 saturated heterocycles. The van der Waals surface area contributed by atoms with E-state index in [0.717, 1.165) is 0 Å². The van der Waals surface area contributed by atoms with Crippen molar-refractivity contribution in [1.29, 1.82) is 0 Å². The zero-order valence-electron chi connectivity index (χ0n) is 11.0. The van der Waals surface area contributed by atoms with Crippen molar-refractivity contribution in [3.05, 3.63) is 47.6 Å². The van der Waals surface area contributed by atoms with Gasteiger partial charge in [0.15, 0.2) is 11.6 Å². The second kappa shape index (κ2) is 4.88. The molecule has 0 atom stereocenters. The number of anilines is 2. The van der Waals surface area contributed by atoms with E-state index in [1.165, 1.54) is 6.07 Å². The summed E-state index contributed by atoms with van der Waals surface area (Å²) in [5, 5.41) is 10.5. The molecule has 0 aliphatic heterocycles. The van der Waals surface area contributed by atoms with Crippen LogP contribution in [0.15, 0.2) is 36.5 Å². The van der Waals surface area contributed by atoms with Gasteiger partial charge in [-0.3, -0.25) is 10.1 Å². The normalized spacial score (nSPS) is 11.2. The standard InChI is InChI=1S/C14H8ClFN6/c15-14-18-9-5-2-6-17-11(9)13(20-14)19-12-7-3-1-4-8(16)10(7)21-22-12/h1-6H,(H2,18,19,20,21,22). The minimum Gasteiger partial charge on any atom is -0.321 e. The molecule has 0 radical (unpaired) electrons. The van der Waals surface area contributed by atoms with E-state index in [9.17, 15) is 4.39 Å². The number of nitrogens with one attached hydrogen (secondary N) is 2. The number of benzene rings is 1. The van der Waals surface area contributed by atoms with Crippen LogP contribution in [0.4, 0.5) is 16.0 Å². The van der Waals surface area contributed by atoms with E-state index >= 15 is 0 Å². The molecular weight excluding hydrogens is 307 g/mol. The van der Waals surface area contributed by atoms with E-state index in [2.05, 4.69) is 30.5 Å². The zero-order chi connectivity index (χ0) is 15.1. The van der Waals surface area contributed by atoms with Gasteiger partial charge in [0.05, 0.1) is 5.52 Å². The van der Waals surface area contributed by atoms with E-state index in [-0.39, 0.29) is 11.1 Å². The van der Waals surface area contributed by atoms with Crippen LogP contribution in [0.3, 0.4) is 0 Å². The van der Waals surface area contributed by atoms with Crippen molar-refractivity contribution in [3.63, 3.8) is 0 Å². The van der Waals surface area contributed by atoms with Crippen LogP contribution in [-0.4, -0.2) is 25.1 Å². The lowest BCUT2D eigenvalue weighted by Crippen LogP contribution is -1.99. The molecule has 0 spiro atoms. The van der Waals surface area contributed by atoms with Gasteiger partial charge in [0.2, 0.25) is 5.28 Å². The molecule has 0 bridgehead atoms. The molecule has 4 rings (SSSR count). The highest BCUT2D eigenvalue weighted by Crippen LogP contribution is 2.27. The van der Waals surface area contributed by atoms with Gasteiger partial charge in [0.1, 0.15) is 16.9 Å². The number of rotatable bonds is 2. The predicted octanol–water partition coefficient (Wildman–Crippen LogP) is 3.44. The van der Waals surface area contributed by atoms with Crippen molar-refractivity contribution < 1.29 is 4.39 Å². The molecule has 3 aromatic heterocycles. The third-order valence-electron chi connectivity index (χ3n) is 3.21. The second-order valence-corrected chi connectivity index (χ2v) is 4.91. The average molecular weight is 315 g/mol. The third kappa shape index (κ3) is 2.03. The molecule has 108 valence electrons.